The molecule has 19 atom stereocenters. The highest BCUT2D eigenvalue weighted by Crippen LogP contribution is 2.68. The van der Waals surface area contributed by atoms with E-state index in [2.05, 4.69) is 44.2 Å². The highest BCUT2D eigenvalue weighted by atomic mass is 35.5. The van der Waals surface area contributed by atoms with Crippen molar-refractivity contribution in [2.24, 2.45) is 85.6 Å². The summed E-state index contributed by atoms with van der Waals surface area (Å²) in [6.07, 6.45) is 10.8. The number of nitrogens with two attached hydrogens (primary N) is 4. The number of nitrogens with zero attached hydrogens (tertiary/aromatic N) is 1. The summed E-state index contributed by atoms with van der Waals surface area (Å²) in [6.45, 7) is 7.11. The van der Waals surface area contributed by atoms with Crippen LogP contribution in [-0.4, -0.2) is 217 Å². The van der Waals surface area contributed by atoms with Crippen LogP contribution in [-0.2, 0) is 67.0 Å². The molecule has 2 saturated heterocycles. The number of carboxylic acids is 1. The minimum absolute atomic E-state index is 0.0291. The zero-order valence-corrected chi connectivity index (χ0v) is 65.9. The SMILES string of the molecule is CCC(N)=O.C[C@]12CCC(=O)C=C1CC[C@@H]1[C@@H]2[C@@H](O)C[C@@]2(C)[C@H]1CC[C@]2(O)C(=O)COC(=O)CSC[C@H](NC(=O)[C@@H](CCCN=C(N)N)NC(=O)CCCCCNC(=O)CCCC[C@@H]1SC[C@@H]2NC(=O)N[C@@H]21)C(N)=O.C[C@]12C[C@H](O)[C@@H]3C4CCC(=O)C=C4CC[C@H]3[C@@H]1CC[C@]2(O)C(=O)COC(=O)CCl.O=C(O)C(F)(F)F. The van der Waals surface area contributed by atoms with Gasteiger partial charge in [-0.15, -0.1) is 23.4 Å². The minimum atomic E-state index is -5.08. The van der Waals surface area contributed by atoms with Crippen LogP contribution in [0, 0.1) is 57.7 Å². The number of aliphatic carboxylic acids is 1. The molecule has 0 radical (unpaired) electrons. The molecule has 2 heterocycles. The molecule has 10 aliphatic rings. The molecule has 111 heavy (non-hydrogen) atoms. The van der Waals surface area contributed by atoms with Crippen molar-refractivity contribution < 1.29 is 111 Å². The molecule has 36 heteroatoms. The number of aliphatic hydroxyl groups is 4. The fraction of sp³-hybridized carbons (Fsp3) is 0.760. The number of amides is 7. The number of guanidine groups is 1. The number of hydrogen-bond acceptors (Lipinski definition) is 22. The standard InChI is InChI=1S/C48H75N9O11S2.C22H29ClO6.C3H7NO.C2HF3O2/c1-46-17-15-28(58)21-27(46)13-14-29-30-16-18-48(67,47(30,2)22-34(59)40(29)46)36(60)23-68-39(63)26-69-24-33(42(49)64)55-43(65)31(9-8-20-53-44(50)51)54-38(62)12-4-3-7-19-52-37(61)11-6-5-10-35-41-32(25-70-35)56-45(66)57-41;1-21-9-17(25)20-14-5-3-13(24)8-12(14)2-4-15(20)16(21)6-7-22(21,28)18(26)11-29-19(27)10-23;1-2-3(4)5;3-2(4,5)1(6)7/h21,29-35,40-41,59,67H,3-20,22-26H2,1-2H3,(H2,49,64)(H,52,61)(H,54,62)(H,55,65)(H4,50,51,53)(H2,56,57,66);8,14-17,20,25,28H,2-7,9-11H2,1H3;2H2,1H3,(H2,4,5);(H,6,7)/t29-,30-,31+,32-,33-,34-,35-,40+,41-,46-,47-,48-;14?,15-,16-,17-,20+,21-,22-;;/m00../s1. The van der Waals surface area contributed by atoms with Crippen molar-refractivity contribution in [3.8, 4) is 0 Å². The number of hydrogen-bond donors (Lipinski definition) is 14. The number of Topliss-reactive ketones (excluding diaryl/α,β-unsaturated/α-hetero) is 2. The molecule has 8 aliphatic carbocycles. The average molecular weight is 1630 g/mol. The highest BCUT2D eigenvalue weighted by molar-refractivity contribution is 8.00. The summed E-state index contributed by atoms with van der Waals surface area (Å²) < 4.78 is 42.0. The van der Waals surface area contributed by atoms with Crippen molar-refractivity contribution in [3.05, 3.63) is 23.3 Å². The number of ether oxygens (including phenoxy) is 2. The normalized spacial score (nSPS) is 32.3. The van der Waals surface area contributed by atoms with Gasteiger partial charge in [-0.25, -0.2) is 9.59 Å². The molecular weight excluding hydrogens is 1520 g/mol. The molecule has 30 nitrogen and oxygen atoms in total. The van der Waals surface area contributed by atoms with Crippen molar-refractivity contribution in [2.45, 2.75) is 247 Å². The first kappa shape index (κ1) is 91.3. The number of urea groups is 1. The number of fused-ring (bicyclic) bond motifs is 11. The van der Waals surface area contributed by atoms with E-state index in [-0.39, 0.29) is 150 Å². The topological polar surface area (TPSA) is 518 Å². The Balaban J connectivity index is 0.000000339. The summed E-state index contributed by atoms with van der Waals surface area (Å²) >= 11 is 8.22. The molecule has 0 aromatic heterocycles. The summed E-state index contributed by atoms with van der Waals surface area (Å²) in [5, 5.41) is 68.0. The average Bonchev–Trinajstić information content (AvgIpc) is 1.61. The summed E-state index contributed by atoms with van der Waals surface area (Å²) in [5.41, 5.74) is 18.0. The fourth-order valence-corrected chi connectivity index (χ4v) is 21.9. The lowest BCUT2D eigenvalue weighted by molar-refractivity contribution is -0.192. The summed E-state index contributed by atoms with van der Waals surface area (Å²) in [4.78, 5) is 160. The number of aliphatic imine (C=N–C) groups is 1. The number of nitrogens with one attached hydrogen (secondary N) is 5. The molecule has 622 valence electrons. The lowest BCUT2D eigenvalue weighted by atomic mass is 9.45. The van der Waals surface area contributed by atoms with Gasteiger partial charge >= 0.3 is 30.1 Å². The maximum atomic E-state index is 13.8. The molecule has 7 amide bonds. The lowest BCUT2D eigenvalue weighted by Crippen LogP contribution is -2.62. The summed E-state index contributed by atoms with van der Waals surface area (Å²) in [5.74, 6) is -6.71. The second kappa shape index (κ2) is 39.9. The van der Waals surface area contributed by atoms with Crippen LogP contribution >= 0.6 is 35.1 Å². The first-order valence-electron chi connectivity index (χ1n) is 38.5. The highest BCUT2D eigenvalue weighted by Gasteiger charge is 2.70. The van der Waals surface area contributed by atoms with Crippen molar-refractivity contribution in [1.82, 2.24) is 26.6 Å². The quantitative estimate of drug-likeness (QED) is 0.0118. The van der Waals surface area contributed by atoms with E-state index in [4.69, 9.17) is 48.2 Å². The van der Waals surface area contributed by atoms with E-state index in [0.29, 0.717) is 95.3 Å². The number of aliphatic hydroxyl groups excluding tert-OH is 2. The van der Waals surface area contributed by atoms with E-state index in [0.717, 1.165) is 74.5 Å². The van der Waals surface area contributed by atoms with Gasteiger partial charge in [0.15, 0.2) is 30.7 Å². The van der Waals surface area contributed by atoms with Crippen LogP contribution in [0.25, 0.3) is 0 Å². The third-order valence-corrected chi connectivity index (χ3v) is 27.8. The van der Waals surface area contributed by atoms with Gasteiger partial charge in [-0.2, -0.15) is 24.9 Å². The smallest absolute Gasteiger partial charge is 0.475 e. The predicted octanol–water partition coefficient (Wildman–Crippen LogP) is 3.67. The molecular formula is C75H112ClF3N10O20S2. The van der Waals surface area contributed by atoms with Crippen LogP contribution in [0.5, 0.6) is 0 Å². The van der Waals surface area contributed by atoms with E-state index in [9.17, 15) is 91.1 Å². The van der Waals surface area contributed by atoms with Crippen LogP contribution in [0.4, 0.5) is 18.0 Å². The van der Waals surface area contributed by atoms with Gasteiger partial charge in [-0.3, -0.25) is 57.7 Å². The van der Waals surface area contributed by atoms with E-state index < -0.39 is 107 Å². The largest absolute Gasteiger partial charge is 0.490 e. The number of thioether (sulfide) groups is 2. The van der Waals surface area contributed by atoms with E-state index in [1.165, 1.54) is 5.57 Å². The zero-order chi connectivity index (χ0) is 82.1. The third-order valence-electron chi connectivity index (χ3n) is 25.1. The summed E-state index contributed by atoms with van der Waals surface area (Å²) in [7, 11) is 0. The molecule has 0 bridgehead atoms. The van der Waals surface area contributed by atoms with Crippen molar-refractivity contribution >= 4 is 118 Å². The minimum Gasteiger partial charge on any atom is -0.475 e. The fourth-order valence-electron chi connectivity index (χ4n) is 19.4. The van der Waals surface area contributed by atoms with Gasteiger partial charge in [0, 0.05) is 72.8 Å². The first-order chi connectivity index (χ1) is 52.2. The first-order valence-corrected chi connectivity index (χ1v) is 41.2. The van der Waals surface area contributed by atoms with Crippen molar-refractivity contribution in [3.63, 3.8) is 0 Å². The van der Waals surface area contributed by atoms with E-state index in [1.54, 1.807) is 19.1 Å². The maximum Gasteiger partial charge on any atom is 0.490 e. The van der Waals surface area contributed by atoms with Gasteiger partial charge in [0.1, 0.15) is 29.2 Å². The number of ketones is 4. The Labute approximate surface area is 657 Å². The molecule has 6 saturated carbocycles. The van der Waals surface area contributed by atoms with Crippen LogP contribution in [0.2, 0.25) is 0 Å². The number of carboxylic acid groups (broad SMARTS) is 1. The Morgan fingerprint density at radius 1 is 0.730 bits per heavy atom. The Hall–Kier alpha value is -6.92. The number of allylic oxidation sites excluding steroid dienone is 2. The maximum absolute atomic E-state index is 13.8. The Bertz CT molecular complexity index is 3540. The van der Waals surface area contributed by atoms with Crippen molar-refractivity contribution in [2.75, 3.05) is 49.4 Å². The number of carbonyl (C=O) groups excluding carboxylic acids is 12. The van der Waals surface area contributed by atoms with Crippen molar-refractivity contribution in [1.29, 1.82) is 0 Å². The molecule has 1 unspecified atom stereocenters. The van der Waals surface area contributed by atoms with Gasteiger partial charge in [0.2, 0.25) is 41.1 Å². The Morgan fingerprint density at radius 2 is 1.32 bits per heavy atom. The molecule has 8 fully saturated rings. The number of primary amides is 2. The second-order valence-electron chi connectivity index (χ2n) is 31.8. The van der Waals surface area contributed by atoms with E-state index in [1.807, 2.05) is 25.6 Å². The molecule has 0 aromatic carbocycles. The van der Waals surface area contributed by atoms with E-state index >= 15 is 0 Å². The predicted molar refractivity (Wildman–Crippen MR) is 403 cm³/mol. The Kier molecular flexibility index (Phi) is 32.8. The van der Waals surface area contributed by atoms with Gasteiger partial charge in [-0.05, 0) is 175 Å². The molecule has 18 N–H and O–H groups in total. The van der Waals surface area contributed by atoms with Gasteiger partial charge in [0.05, 0.1) is 30.0 Å². The molecule has 10 rings (SSSR count). The number of alkyl halides is 4. The number of carbonyl (C=O) groups is 13. The number of rotatable bonds is 31. The van der Waals surface area contributed by atoms with Crippen LogP contribution in [0.1, 0.15) is 188 Å². The lowest BCUT2D eigenvalue weighted by Gasteiger charge is -2.60. The van der Waals surface area contributed by atoms with Gasteiger partial charge < -0.3 is 84.5 Å². The molecule has 2 aliphatic heterocycles. The van der Waals surface area contributed by atoms with Crippen LogP contribution < -0.4 is 49.5 Å². The number of halogens is 4. The monoisotopic (exact) mass is 1630 g/mol. The van der Waals surface area contributed by atoms with Gasteiger partial charge in [-0.1, -0.05) is 51.7 Å². The summed E-state index contributed by atoms with van der Waals surface area (Å²) in [6, 6.07) is -2.06. The van der Waals surface area contributed by atoms with Crippen LogP contribution in [0.3, 0.4) is 0 Å². The number of unbranched alkanes of at least 4 members (excludes halogenated alkanes) is 3. The second-order valence-corrected chi connectivity index (χ2v) is 34.4. The Morgan fingerprint density at radius 3 is 1.94 bits per heavy atom. The van der Waals surface area contributed by atoms with Gasteiger partial charge in [0.25, 0.3) is 0 Å². The number of esters is 2. The molecule has 0 spiro atoms. The third kappa shape index (κ3) is 22.6. The molecule has 0 aromatic rings. The van der Waals surface area contributed by atoms with Crippen LogP contribution in [0.15, 0.2) is 28.3 Å². The zero-order valence-electron chi connectivity index (χ0n) is 63.5.